The van der Waals surface area contributed by atoms with E-state index < -0.39 is 15.8 Å². The number of nitrogens with one attached hydrogen (secondary N) is 1. The molecule has 0 saturated heterocycles. The molecule has 2 aromatic rings. The molecule has 1 heterocycles. The second-order valence-electron chi connectivity index (χ2n) is 3.98. The summed E-state index contributed by atoms with van der Waals surface area (Å²) >= 11 is 1.89. The molecular weight excluding hydrogens is 395 g/mol. The van der Waals surface area contributed by atoms with Crippen molar-refractivity contribution in [2.75, 3.05) is 7.11 Å². The van der Waals surface area contributed by atoms with E-state index in [4.69, 9.17) is 0 Å². The van der Waals surface area contributed by atoms with Gasteiger partial charge in [0.2, 0.25) is 0 Å². The van der Waals surface area contributed by atoms with Crippen LogP contribution in [0.15, 0.2) is 35.4 Å². The number of aromatic nitrogens is 2. The van der Waals surface area contributed by atoms with Crippen LogP contribution in [0.2, 0.25) is 0 Å². The average Bonchev–Trinajstić information content (AvgIpc) is 2.89. The van der Waals surface area contributed by atoms with Gasteiger partial charge in [-0.3, -0.25) is 5.10 Å². The summed E-state index contributed by atoms with van der Waals surface area (Å²) in [7, 11) is -2.22. The van der Waals surface area contributed by atoms with Crippen molar-refractivity contribution in [3.63, 3.8) is 0 Å². The van der Waals surface area contributed by atoms with E-state index in [0.29, 0.717) is 14.8 Å². The summed E-state index contributed by atoms with van der Waals surface area (Å²) in [4.78, 5) is 11.6. The number of hydrogen-bond donors (Lipinski definition) is 1. The maximum absolute atomic E-state index is 12.3. The highest BCUT2D eigenvalue weighted by Gasteiger charge is 2.20. The molecule has 0 atom stereocenters. The van der Waals surface area contributed by atoms with Gasteiger partial charge in [0.25, 0.3) is 0 Å². The van der Waals surface area contributed by atoms with Gasteiger partial charge in [0.05, 0.1) is 29.0 Å². The van der Waals surface area contributed by atoms with Gasteiger partial charge in [0, 0.05) is 9.77 Å². The number of benzene rings is 1. The molecule has 0 saturated carbocycles. The van der Waals surface area contributed by atoms with Gasteiger partial charge >= 0.3 is 5.97 Å². The molecule has 0 spiro atoms. The molecule has 1 aromatic carbocycles. The average molecular weight is 406 g/mol. The lowest BCUT2D eigenvalue weighted by Crippen LogP contribution is -2.09. The van der Waals surface area contributed by atoms with E-state index in [9.17, 15) is 13.2 Å². The molecule has 0 amide bonds. The number of halogens is 1. The van der Waals surface area contributed by atoms with E-state index >= 15 is 0 Å². The highest BCUT2D eigenvalue weighted by Crippen LogP contribution is 2.23. The number of ether oxygens (including phenoxy) is 1. The van der Waals surface area contributed by atoms with Crippen molar-refractivity contribution < 1.29 is 17.9 Å². The summed E-state index contributed by atoms with van der Waals surface area (Å²) in [6, 6.07) is 5.95. The molecule has 0 bridgehead atoms. The number of nitrogens with zero attached hydrogens (tertiary/aromatic N) is 1. The van der Waals surface area contributed by atoms with Gasteiger partial charge in [-0.15, -0.1) is 0 Å². The standard InChI is InChI=1S/C12H11IN2O4S/c1-19-12(16)8-2-3-11(10(13)6-8)20(17,18)7-9-4-5-14-15-9/h2-6H,7H2,1H3,(H,14,15). The number of methoxy groups -OCH3 is 1. The molecule has 0 aliphatic rings. The number of hydrogen-bond acceptors (Lipinski definition) is 5. The summed E-state index contributed by atoms with van der Waals surface area (Å²) in [5, 5.41) is 6.33. The maximum Gasteiger partial charge on any atom is 0.337 e. The first-order chi connectivity index (χ1) is 9.44. The van der Waals surface area contributed by atoms with E-state index in [1.54, 1.807) is 6.07 Å². The summed E-state index contributed by atoms with van der Waals surface area (Å²) in [5.41, 5.74) is 0.829. The largest absolute Gasteiger partial charge is 0.465 e. The number of carbonyl (C=O) groups is 1. The minimum Gasteiger partial charge on any atom is -0.465 e. The Morgan fingerprint density at radius 2 is 2.15 bits per heavy atom. The molecular formula is C12H11IN2O4S. The molecule has 8 heteroatoms. The number of H-pyrrole nitrogens is 1. The SMILES string of the molecule is COC(=O)c1ccc(S(=O)(=O)Cc2ccn[nH]2)c(I)c1. The van der Waals surface area contributed by atoms with Crippen molar-refractivity contribution in [2.45, 2.75) is 10.6 Å². The predicted molar refractivity (Wildman–Crippen MR) is 80.0 cm³/mol. The van der Waals surface area contributed by atoms with Crippen molar-refractivity contribution in [1.82, 2.24) is 10.2 Å². The summed E-state index contributed by atoms with van der Waals surface area (Å²) in [6.07, 6.45) is 1.50. The van der Waals surface area contributed by atoms with Gasteiger partial charge in [-0.1, -0.05) is 0 Å². The van der Waals surface area contributed by atoms with Gasteiger partial charge in [0.1, 0.15) is 0 Å². The molecule has 0 fully saturated rings. The smallest absolute Gasteiger partial charge is 0.337 e. The summed E-state index contributed by atoms with van der Waals surface area (Å²) in [6.45, 7) is 0. The Balaban J connectivity index is 2.35. The molecule has 1 N–H and O–H groups in total. The fourth-order valence-electron chi connectivity index (χ4n) is 1.65. The topological polar surface area (TPSA) is 89.1 Å². The van der Waals surface area contributed by atoms with Crippen LogP contribution in [0.25, 0.3) is 0 Å². The number of esters is 1. The van der Waals surface area contributed by atoms with Crippen LogP contribution < -0.4 is 0 Å². The summed E-state index contributed by atoms with van der Waals surface area (Å²) in [5.74, 6) is -0.666. The Kier molecular flexibility index (Phi) is 4.43. The lowest BCUT2D eigenvalue weighted by atomic mass is 10.2. The molecule has 0 radical (unpaired) electrons. The normalized spacial score (nSPS) is 11.3. The van der Waals surface area contributed by atoms with Crippen molar-refractivity contribution in [3.05, 3.63) is 45.3 Å². The van der Waals surface area contributed by atoms with Crippen molar-refractivity contribution >= 4 is 38.4 Å². The second-order valence-corrected chi connectivity index (χ2v) is 7.10. The Bertz CT molecular complexity index is 726. The fraction of sp³-hybridized carbons (Fsp3) is 0.167. The second kappa shape index (κ2) is 5.92. The van der Waals surface area contributed by atoms with E-state index in [1.807, 2.05) is 22.6 Å². The van der Waals surface area contributed by atoms with Crippen molar-refractivity contribution in [2.24, 2.45) is 0 Å². The zero-order chi connectivity index (χ0) is 14.8. The van der Waals surface area contributed by atoms with Crippen molar-refractivity contribution in [3.8, 4) is 0 Å². The zero-order valence-corrected chi connectivity index (χ0v) is 13.4. The first-order valence-electron chi connectivity index (χ1n) is 5.53. The minimum atomic E-state index is -3.49. The zero-order valence-electron chi connectivity index (χ0n) is 10.5. The molecule has 106 valence electrons. The monoisotopic (exact) mass is 406 g/mol. The molecule has 0 aliphatic heterocycles. The van der Waals surface area contributed by atoms with Crippen LogP contribution in [-0.2, 0) is 20.3 Å². The summed E-state index contributed by atoms with van der Waals surface area (Å²) < 4.78 is 29.7. The molecule has 2 rings (SSSR count). The lowest BCUT2D eigenvalue weighted by molar-refractivity contribution is 0.0600. The number of carbonyl (C=O) groups excluding carboxylic acids is 1. The molecule has 6 nitrogen and oxygen atoms in total. The maximum atomic E-state index is 12.3. The third-order valence-electron chi connectivity index (χ3n) is 2.59. The fourth-order valence-corrected chi connectivity index (χ4v) is 4.52. The van der Waals surface area contributed by atoms with Crippen molar-refractivity contribution in [1.29, 1.82) is 0 Å². The van der Waals surface area contributed by atoms with E-state index in [1.165, 1.54) is 31.5 Å². The Morgan fingerprint density at radius 1 is 1.40 bits per heavy atom. The predicted octanol–water partition coefficient (Wildman–Crippen LogP) is 1.77. The highest BCUT2D eigenvalue weighted by atomic mass is 127. The van der Waals surface area contributed by atoms with E-state index in [-0.39, 0.29) is 10.6 Å². The molecule has 0 aliphatic carbocycles. The number of rotatable bonds is 4. The van der Waals surface area contributed by atoms with Gasteiger partial charge in [-0.05, 0) is 46.9 Å². The van der Waals surface area contributed by atoms with Crippen LogP contribution in [-0.4, -0.2) is 31.7 Å². The van der Waals surface area contributed by atoms with Gasteiger partial charge < -0.3 is 4.74 Å². The van der Waals surface area contributed by atoms with E-state index in [0.717, 1.165) is 0 Å². The minimum absolute atomic E-state index is 0.166. The number of sulfone groups is 1. The number of aromatic amines is 1. The highest BCUT2D eigenvalue weighted by molar-refractivity contribution is 14.1. The lowest BCUT2D eigenvalue weighted by Gasteiger charge is -2.07. The first-order valence-corrected chi connectivity index (χ1v) is 8.26. The molecule has 1 aromatic heterocycles. The van der Waals surface area contributed by atoms with E-state index in [2.05, 4.69) is 14.9 Å². The Labute approximate surface area is 129 Å². The van der Waals surface area contributed by atoms with Crippen LogP contribution in [0.5, 0.6) is 0 Å². The Hall–Kier alpha value is -1.42. The first kappa shape index (κ1) is 15.0. The quantitative estimate of drug-likeness (QED) is 0.618. The third kappa shape index (κ3) is 3.18. The van der Waals surface area contributed by atoms with Crippen LogP contribution in [0, 0.1) is 3.57 Å². The molecule has 0 unspecified atom stereocenters. The Morgan fingerprint density at radius 3 is 2.70 bits per heavy atom. The van der Waals surface area contributed by atoms with Gasteiger partial charge in [-0.2, -0.15) is 5.10 Å². The van der Waals surface area contributed by atoms with Crippen LogP contribution in [0.1, 0.15) is 16.1 Å². The van der Waals surface area contributed by atoms with Crippen LogP contribution in [0.3, 0.4) is 0 Å². The third-order valence-corrected chi connectivity index (χ3v) is 5.57. The van der Waals surface area contributed by atoms with Crippen LogP contribution >= 0.6 is 22.6 Å². The van der Waals surface area contributed by atoms with Gasteiger partial charge in [0.15, 0.2) is 9.84 Å². The van der Waals surface area contributed by atoms with Gasteiger partial charge in [-0.25, -0.2) is 13.2 Å². The molecule has 20 heavy (non-hydrogen) atoms. The van der Waals surface area contributed by atoms with Crippen LogP contribution in [0.4, 0.5) is 0 Å².